The van der Waals surface area contributed by atoms with E-state index < -0.39 is 6.04 Å². The molecule has 160 valence electrons. The van der Waals surface area contributed by atoms with Crippen LogP contribution in [0, 0.1) is 5.92 Å². The van der Waals surface area contributed by atoms with E-state index in [1.165, 1.54) is 11.1 Å². The molecular weight excluding hydrogens is 376 g/mol. The summed E-state index contributed by atoms with van der Waals surface area (Å²) in [6, 6.07) is 11.9. The molecule has 0 saturated heterocycles. The van der Waals surface area contributed by atoms with Gasteiger partial charge in [-0.05, 0) is 42.0 Å². The van der Waals surface area contributed by atoms with Crippen molar-refractivity contribution < 1.29 is 9.59 Å². The first-order valence-corrected chi connectivity index (χ1v) is 11.1. The van der Waals surface area contributed by atoms with E-state index in [1.807, 2.05) is 22.9 Å². The lowest BCUT2D eigenvalue weighted by molar-refractivity contribution is -0.126. The predicted octanol–water partition coefficient (Wildman–Crippen LogP) is 2.53. The lowest BCUT2D eigenvalue weighted by atomic mass is 10.00. The molecule has 0 saturated carbocycles. The molecule has 1 unspecified atom stereocenters. The van der Waals surface area contributed by atoms with E-state index >= 15 is 0 Å². The summed E-state index contributed by atoms with van der Waals surface area (Å²) in [7, 11) is 0. The number of nitrogens with zero attached hydrogens (tertiary/aromatic N) is 3. The maximum Gasteiger partial charge on any atom is 0.271 e. The van der Waals surface area contributed by atoms with Crippen LogP contribution in [-0.4, -0.2) is 58.4 Å². The number of rotatable bonds is 7. The van der Waals surface area contributed by atoms with Crippen molar-refractivity contribution in [2.75, 3.05) is 26.2 Å². The predicted molar refractivity (Wildman–Crippen MR) is 117 cm³/mol. The third kappa shape index (κ3) is 4.43. The van der Waals surface area contributed by atoms with Gasteiger partial charge in [-0.15, -0.1) is 0 Å². The van der Waals surface area contributed by atoms with Gasteiger partial charge in [0.25, 0.3) is 5.91 Å². The van der Waals surface area contributed by atoms with Crippen LogP contribution in [-0.2, 0) is 24.3 Å². The molecule has 30 heavy (non-hydrogen) atoms. The third-order valence-electron chi connectivity index (χ3n) is 6.08. The number of benzene rings is 1. The summed E-state index contributed by atoms with van der Waals surface area (Å²) in [5.41, 5.74) is 3.55. The van der Waals surface area contributed by atoms with Crippen molar-refractivity contribution in [2.45, 2.75) is 45.8 Å². The molecule has 2 aliphatic rings. The number of hydrogen-bond acceptors (Lipinski definition) is 3. The Bertz CT molecular complexity index is 904. The number of hydrogen-bond donors (Lipinski definition) is 1. The molecule has 2 aliphatic heterocycles. The highest BCUT2D eigenvalue weighted by Gasteiger charge is 2.36. The van der Waals surface area contributed by atoms with Crippen molar-refractivity contribution in [3.8, 4) is 0 Å². The summed E-state index contributed by atoms with van der Waals surface area (Å²) >= 11 is 0. The molecule has 0 spiro atoms. The zero-order valence-electron chi connectivity index (χ0n) is 18.0. The quantitative estimate of drug-likeness (QED) is 0.717. The molecule has 1 N–H and O–H groups in total. The average Bonchev–Trinajstić information content (AvgIpc) is 3.21. The van der Waals surface area contributed by atoms with Gasteiger partial charge in [0.05, 0.1) is 6.54 Å². The van der Waals surface area contributed by atoms with Crippen LogP contribution in [0.25, 0.3) is 0 Å². The third-order valence-corrected chi connectivity index (χ3v) is 6.08. The van der Waals surface area contributed by atoms with E-state index in [2.05, 4.69) is 48.3 Å². The van der Waals surface area contributed by atoms with Gasteiger partial charge in [-0.1, -0.05) is 38.1 Å². The molecule has 1 aromatic carbocycles. The van der Waals surface area contributed by atoms with Gasteiger partial charge in [0.15, 0.2) is 0 Å². The molecule has 1 atom stereocenters. The van der Waals surface area contributed by atoms with Crippen molar-refractivity contribution in [1.29, 1.82) is 0 Å². The fourth-order valence-corrected chi connectivity index (χ4v) is 4.55. The summed E-state index contributed by atoms with van der Waals surface area (Å²) in [5.74, 6) is 0.215. The fraction of sp³-hybridized carbons (Fsp3) is 0.500. The normalized spacial score (nSPS) is 19.0. The first kappa shape index (κ1) is 20.7. The van der Waals surface area contributed by atoms with E-state index in [4.69, 9.17) is 0 Å². The lowest BCUT2D eigenvalue weighted by Gasteiger charge is -2.36. The Kier molecular flexibility index (Phi) is 6.23. The second kappa shape index (κ2) is 9.04. The first-order chi connectivity index (χ1) is 14.5. The van der Waals surface area contributed by atoms with Gasteiger partial charge in [0.1, 0.15) is 11.7 Å². The summed E-state index contributed by atoms with van der Waals surface area (Å²) in [6.45, 7) is 8.93. The molecule has 0 bridgehead atoms. The average molecular weight is 409 g/mol. The minimum atomic E-state index is -0.443. The van der Waals surface area contributed by atoms with Gasteiger partial charge in [-0.2, -0.15) is 0 Å². The van der Waals surface area contributed by atoms with Crippen LogP contribution < -0.4 is 5.32 Å². The van der Waals surface area contributed by atoms with Crippen molar-refractivity contribution in [2.24, 2.45) is 5.92 Å². The van der Waals surface area contributed by atoms with Gasteiger partial charge < -0.3 is 14.8 Å². The molecule has 4 rings (SSSR count). The summed E-state index contributed by atoms with van der Waals surface area (Å²) in [4.78, 5) is 30.0. The van der Waals surface area contributed by atoms with Crippen molar-refractivity contribution in [3.63, 3.8) is 0 Å². The maximum atomic E-state index is 13.0. The maximum absolute atomic E-state index is 13.0. The molecule has 0 fully saturated rings. The van der Waals surface area contributed by atoms with E-state index in [0.717, 1.165) is 32.5 Å². The van der Waals surface area contributed by atoms with Gasteiger partial charge in [0.2, 0.25) is 5.91 Å². The van der Waals surface area contributed by atoms with E-state index in [0.29, 0.717) is 31.2 Å². The van der Waals surface area contributed by atoms with Gasteiger partial charge in [0, 0.05) is 38.9 Å². The van der Waals surface area contributed by atoms with E-state index in [1.54, 1.807) is 4.90 Å². The Morgan fingerprint density at radius 1 is 1.17 bits per heavy atom. The molecule has 3 heterocycles. The number of carbonyl (C=O) groups is 2. The highest BCUT2D eigenvalue weighted by molar-refractivity contribution is 5.97. The van der Waals surface area contributed by atoms with Crippen LogP contribution >= 0.6 is 0 Å². The molecule has 0 radical (unpaired) electrons. The second-order valence-corrected chi connectivity index (χ2v) is 8.85. The molecule has 2 aromatic rings. The van der Waals surface area contributed by atoms with Crippen molar-refractivity contribution >= 4 is 11.8 Å². The van der Waals surface area contributed by atoms with Crippen LogP contribution in [0.5, 0.6) is 0 Å². The van der Waals surface area contributed by atoms with Crippen molar-refractivity contribution in [3.05, 3.63) is 59.4 Å². The second-order valence-electron chi connectivity index (χ2n) is 8.85. The Labute approximate surface area is 178 Å². The summed E-state index contributed by atoms with van der Waals surface area (Å²) < 4.78 is 1.90. The topological polar surface area (TPSA) is 57.6 Å². The van der Waals surface area contributed by atoms with Crippen LogP contribution in [0.1, 0.15) is 41.9 Å². The first-order valence-electron chi connectivity index (χ1n) is 11.1. The SMILES string of the molecule is CC(C)CN1C(=O)c2cccn2CC1C(=O)NCCCN1CCc2ccccc2C1. The van der Waals surface area contributed by atoms with Crippen molar-refractivity contribution in [1.82, 2.24) is 19.7 Å². The van der Waals surface area contributed by atoms with Crippen LogP contribution in [0.4, 0.5) is 0 Å². The Morgan fingerprint density at radius 3 is 2.77 bits per heavy atom. The molecule has 6 heteroatoms. The van der Waals surface area contributed by atoms with Crippen LogP contribution in [0.2, 0.25) is 0 Å². The smallest absolute Gasteiger partial charge is 0.271 e. The van der Waals surface area contributed by atoms with E-state index in [-0.39, 0.29) is 11.8 Å². The van der Waals surface area contributed by atoms with Crippen LogP contribution in [0.3, 0.4) is 0 Å². The number of amides is 2. The lowest BCUT2D eigenvalue weighted by Crippen LogP contribution is -2.56. The van der Waals surface area contributed by atoms with E-state index in [9.17, 15) is 9.59 Å². The van der Waals surface area contributed by atoms with Crippen LogP contribution in [0.15, 0.2) is 42.6 Å². The Morgan fingerprint density at radius 2 is 1.97 bits per heavy atom. The fourth-order valence-electron chi connectivity index (χ4n) is 4.55. The minimum absolute atomic E-state index is 0.0488. The monoisotopic (exact) mass is 408 g/mol. The molecule has 2 amide bonds. The Hall–Kier alpha value is -2.60. The minimum Gasteiger partial charge on any atom is -0.354 e. The summed E-state index contributed by atoms with van der Waals surface area (Å²) in [6.07, 6.45) is 3.89. The van der Waals surface area contributed by atoms with Gasteiger partial charge in [-0.3, -0.25) is 14.5 Å². The number of nitrogens with one attached hydrogen (secondary N) is 1. The largest absolute Gasteiger partial charge is 0.354 e. The standard InChI is InChI=1S/C24H32N4O2/c1-18(2)15-28-22(17-27-13-5-9-21(27)24(28)30)23(29)25-11-6-12-26-14-10-19-7-3-4-8-20(19)16-26/h3-5,7-9,13,18,22H,6,10-12,14-17H2,1-2H3,(H,25,29). The number of fused-ring (bicyclic) bond motifs is 2. The molecular formula is C24H32N4O2. The Balaban J connectivity index is 1.29. The highest BCUT2D eigenvalue weighted by Crippen LogP contribution is 2.20. The molecule has 6 nitrogen and oxygen atoms in total. The molecule has 1 aromatic heterocycles. The van der Waals surface area contributed by atoms with Gasteiger partial charge >= 0.3 is 0 Å². The van der Waals surface area contributed by atoms with Gasteiger partial charge in [-0.25, -0.2) is 0 Å². The zero-order chi connectivity index (χ0) is 21.1. The zero-order valence-corrected chi connectivity index (χ0v) is 18.0. The summed E-state index contributed by atoms with van der Waals surface area (Å²) in [5, 5.41) is 3.09. The number of aromatic nitrogens is 1. The highest BCUT2D eigenvalue weighted by atomic mass is 16.2. The molecule has 0 aliphatic carbocycles. The number of carbonyl (C=O) groups excluding carboxylic acids is 2.